The maximum absolute atomic E-state index is 11.6. The molecule has 1 aromatic rings. The quantitative estimate of drug-likeness (QED) is 0.637. The van der Waals surface area contributed by atoms with E-state index in [0.717, 1.165) is 0 Å². The lowest BCUT2D eigenvalue weighted by Gasteiger charge is -2.20. The number of anilines is 1. The van der Waals surface area contributed by atoms with E-state index in [0.29, 0.717) is 11.4 Å². The van der Waals surface area contributed by atoms with Gasteiger partial charge in [0.2, 0.25) is 11.8 Å². The van der Waals surface area contributed by atoms with Crippen LogP contribution < -0.4 is 21.5 Å². The number of hydrogen-bond donors (Lipinski definition) is 3. The van der Waals surface area contributed by atoms with Gasteiger partial charge in [0.05, 0.1) is 18.4 Å². The van der Waals surface area contributed by atoms with Crippen molar-refractivity contribution in [1.29, 1.82) is 0 Å². The van der Waals surface area contributed by atoms with Crippen LogP contribution in [0.1, 0.15) is 20.3 Å². The summed E-state index contributed by atoms with van der Waals surface area (Å²) in [6.07, 6.45) is 0.208. The molecule has 20 heavy (non-hydrogen) atoms. The molecular formula is C14H21N3O3. The molecule has 0 saturated carbocycles. The van der Waals surface area contributed by atoms with E-state index >= 15 is 0 Å². The summed E-state index contributed by atoms with van der Waals surface area (Å²) in [5.41, 5.74) is 10.7. The Labute approximate surface area is 118 Å². The molecule has 0 fully saturated rings. The number of carbonyl (C=O) groups is 2. The summed E-state index contributed by atoms with van der Waals surface area (Å²) in [6, 6.07) is 6.93. The number of nitrogen functional groups attached to an aromatic ring is 1. The van der Waals surface area contributed by atoms with Crippen LogP contribution in [0.5, 0.6) is 5.75 Å². The Morgan fingerprint density at radius 2 is 1.85 bits per heavy atom. The maximum atomic E-state index is 11.6. The molecule has 1 rings (SSSR count). The normalized spacial score (nSPS) is 10.9. The summed E-state index contributed by atoms with van der Waals surface area (Å²) in [7, 11) is 0. The Kier molecular flexibility index (Phi) is 5.37. The van der Waals surface area contributed by atoms with Crippen molar-refractivity contribution in [3.05, 3.63) is 24.3 Å². The van der Waals surface area contributed by atoms with E-state index in [9.17, 15) is 9.59 Å². The molecule has 0 aliphatic carbocycles. The molecule has 0 aliphatic heterocycles. The van der Waals surface area contributed by atoms with E-state index < -0.39 is 11.3 Å². The molecule has 5 N–H and O–H groups in total. The highest BCUT2D eigenvalue weighted by Gasteiger charge is 2.25. The van der Waals surface area contributed by atoms with Crippen molar-refractivity contribution >= 4 is 17.5 Å². The first kappa shape index (κ1) is 15.8. The number of amides is 2. The molecule has 2 amide bonds. The van der Waals surface area contributed by atoms with Crippen molar-refractivity contribution in [1.82, 2.24) is 5.32 Å². The largest absolute Gasteiger partial charge is 0.493 e. The van der Waals surface area contributed by atoms with Crippen LogP contribution in [0, 0.1) is 5.41 Å². The van der Waals surface area contributed by atoms with Gasteiger partial charge in [-0.25, -0.2) is 0 Å². The zero-order valence-electron chi connectivity index (χ0n) is 11.8. The summed E-state index contributed by atoms with van der Waals surface area (Å²) in [4.78, 5) is 22.7. The fourth-order valence-electron chi connectivity index (χ4n) is 1.32. The van der Waals surface area contributed by atoms with Gasteiger partial charge >= 0.3 is 0 Å². The Balaban J connectivity index is 2.27. The fourth-order valence-corrected chi connectivity index (χ4v) is 1.32. The Morgan fingerprint density at radius 1 is 1.25 bits per heavy atom. The van der Waals surface area contributed by atoms with Gasteiger partial charge in [-0.1, -0.05) is 0 Å². The van der Waals surface area contributed by atoms with Gasteiger partial charge in [-0.3, -0.25) is 9.59 Å². The number of primary amides is 1. The second-order valence-corrected chi connectivity index (χ2v) is 5.19. The van der Waals surface area contributed by atoms with Crippen LogP contribution in [-0.4, -0.2) is 25.0 Å². The van der Waals surface area contributed by atoms with E-state index in [4.69, 9.17) is 16.2 Å². The minimum absolute atomic E-state index is 0.185. The first-order chi connectivity index (χ1) is 9.31. The van der Waals surface area contributed by atoms with Crippen molar-refractivity contribution in [3.8, 4) is 5.75 Å². The number of hydrogen-bond acceptors (Lipinski definition) is 4. The average molecular weight is 279 g/mol. The van der Waals surface area contributed by atoms with Gasteiger partial charge in [0.25, 0.3) is 0 Å². The average Bonchev–Trinajstić information content (AvgIpc) is 2.39. The number of ether oxygens (including phenoxy) is 1. The van der Waals surface area contributed by atoms with E-state index in [-0.39, 0.29) is 25.5 Å². The van der Waals surface area contributed by atoms with E-state index in [1.54, 1.807) is 38.1 Å². The second kappa shape index (κ2) is 6.79. The second-order valence-electron chi connectivity index (χ2n) is 5.19. The molecule has 0 spiro atoms. The van der Waals surface area contributed by atoms with Crippen LogP contribution in [0.15, 0.2) is 24.3 Å². The summed E-state index contributed by atoms with van der Waals surface area (Å²) >= 11 is 0. The third-order valence-corrected chi connectivity index (χ3v) is 2.87. The minimum atomic E-state index is -0.756. The Bertz CT molecular complexity index is 469. The van der Waals surface area contributed by atoms with Crippen molar-refractivity contribution in [2.24, 2.45) is 11.1 Å². The van der Waals surface area contributed by atoms with Gasteiger partial charge in [-0.2, -0.15) is 0 Å². The van der Waals surface area contributed by atoms with Gasteiger partial charge in [0.1, 0.15) is 5.75 Å². The molecule has 0 radical (unpaired) electrons. The minimum Gasteiger partial charge on any atom is -0.493 e. The van der Waals surface area contributed by atoms with Crippen molar-refractivity contribution in [2.45, 2.75) is 20.3 Å². The Morgan fingerprint density at radius 3 is 2.40 bits per heavy atom. The molecule has 0 aliphatic rings. The zero-order chi connectivity index (χ0) is 15.2. The number of nitrogens with one attached hydrogen (secondary N) is 1. The van der Waals surface area contributed by atoms with Gasteiger partial charge < -0.3 is 21.5 Å². The van der Waals surface area contributed by atoms with Gasteiger partial charge in [-0.15, -0.1) is 0 Å². The third-order valence-electron chi connectivity index (χ3n) is 2.87. The molecule has 0 heterocycles. The number of carbonyl (C=O) groups excluding carboxylic acids is 2. The molecule has 0 unspecified atom stereocenters. The summed E-state index contributed by atoms with van der Waals surface area (Å²) in [6.45, 7) is 3.83. The molecular weight excluding hydrogens is 258 g/mol. The Hall–Kier alpha value is -2.24. The van der Waals surface area contributed by atoms with E-state index in [2.05, 4.69) is 5.32 Å². The molecule has 6 heteroatoms. The lowest BCUT2D eigenvalue weighted by molar-refractivity contribution is -0.127. The van der Waals surface area contributed by atoms with Crippen LogP contribution in [0.3, 0.4) is 0 Å². The molecule has 6 nitrogen and oxygen atoms in total. The predicted molar refractivity (Wildman–Crippen MR) is 77.0 cm³/mol. The highest BCUT2D eigenvalue weighted by molar-refractivity contribution is 5.82. The molecule has 0 bridgehead atoms. The monoisotopic (exact) mass is 279 g/mol. The number of benzene rings is 1. The van der Waals surface area contributed by atoms with E-state index in [1.165, 1.54) is 0 Å². The molecule has 1 aromatic carbocycles. The van der Waals surface area contributed by atoms with Crippen LogP contribution in [0.25, 0.3) is 0 Å². The van der Waals surface area contributed by atoms with Crippen molar-refractivity contribution < 1.29 is 14.3 Å². The number of rotatable bonds is 7. The molecule has 0 aromatic heterocycles. The smallest absolute Gasteiger partial charge is 0.224 e. The summed E-state index contributed by atoms with van der Waals surface area (Å²) in [5.74, 6) is 0.0233. The predicted octanol–water partition coefficient (Wildman–Crippen LogP) is 0.665. The van der Waals surface area contributed by atoms with Gasteiger partial charge in [-0.05, 0) is 38.1 Å². The van der Waals surface area contributed by atoms with Crippen LogP contribution in [-0.2, 0) is 9.59 Å². The lowest BCUT2D eigenvalue weighted by Crippen LogP contribution is -2.42. The standard InChI is InChI=1S/C14H21N3O3/c1-14(2,13(16)19)9-17-12(18)7-8-20-11-5-3-10(15)4-6-11/h3-6H,7-9,15H2,1-2H3,(H2,16,19)(H,17,18). The van der Waals surface area contributed by atoms with Crippen molar-refractivity contribution in [3.63, 3.8) is 0 Å². The fraction of sp³-hybridized carbons (Fsp3) is 0.429. The van der Waals surface area contributed by atoms with Crippen LogP contribution >= 0.6 is 0 Å². The SMILES string of the molecule is CC(C)(CNC(=O)CCOc1ccc(N)cc1)C(N)=O. The number of nitrogens with two attached hydrogens (primary N) is 2. The maximum Gasteiger partial charge on any atom is 0.224 e. The zero-order valence-corrected chi connectivity index (χ0v) is 11.8. The third kappa shape index (κ3) is 5.17. The topological polar surface area (TPSA) is 107 Å². The summed E-state index contributed by atoms with van der Waals surface area (Å²) < 4.78 is 5.40. The van der Waals surface area contributed by atoms with Gasteiger partial charge in [0.15, 0.2) is 0 Å². The van der Waals surface area contributed by atoms with Crippen LogP contribution in [0.4, 0.5) is 5.69 Å². The first-order valence-electron chi connectivity index (χ1n) is 6.36. The molecule has 110 valence electrons. The van der Waals surface area contributed by atoms with Crippen molar-refractivity contribution in [2.75, 3.05) is 18.9 Å². The lowest BCUT2D eigenvalue weighted by atomic mass is 9.93. The molecule has 0 atom stereocenters. The van der Waals surface area contributed by atoms with E-state index in [1.807, 2.05) is 0 Å². The van der Waals surface area contributed by atoms with Gasteiger partial charge in [0, 0.05) is 12.2 Å². The first-order valence-corrected chi connectivity index (χ1v) is 6.36. The molecule has 0 saturated heterocycles. The van der Waals surface area contributed by atoms with Crippen LogP contribution in [0.2, 0.25) is 0 Å². The highest BCUT2D eigenvalue weighted by atomic mass is 16.5. The highest BCUT2D eigenvalue weighted by Crippen LogP contribution is 2.13. The summed E-state index contributed by atoms with van der Waals surface area (Å²) in [5, 5.41) is 2.66.